The number of rotatable bonds is 5. The number of hydrogen-bond acceptors (Lipinski definition) is 3. The first-order valence-electron chi connectivity index (χ1n) is 4.04. The number of amides is 1. The number of hydrogen-bond donors (Lipinski definition) is 4. The highest BCUT2D eigenvalue weighted by Gasteiger charge is 2.06. The van der Waals surface area contributed by atoms with Gasteiger partial charge in [0.25, 0.3) is 0 Å². The molecule has 0 aliphatic heterocycles. The normalized spacial score (nSPS) is 11.8. The molecule has 1 amide bonds. The molecule has 0 heterocycles. The highest BCUT2D eigenvalue weighted by molar-refractivity contribution is 7.81. The molecule has 0 saturated heterocycles. The molecule has 0 fully saturated rings. The summed E-state index contributed by atoms with van der Waals surface area (Å²) in [4.78, 5) is 10.5. The Labute approximate surface area is 89.0 Å². The van der Waals surface area contributed by atoms with Gasteiger partial charge in [0.2, 0.25) is 5.91 Å². The third-order valence-corrected chi connectivity index (χ3v) is 1.93. The minimum absolute atomic E-state index is 0.0888. The van der Waals surface area contributed by atoms with Crippen LogP contribution in [0, 0.1) is 0 Å². The maximum absolute atomic E-state index is 10.5. The summed E-state index contributed by atoms with van der Waals surface area (Å²) in [6.07, 6.45) is 0.255. The van der Waals surface area contributed by atoms with Gasteiger partial charge in [0.05, 0.1) is 0 Å². The van der Waals surface area contributed by atoms with Crippen LogP contribution in [0.1, 0.15) is 13.3 Å². The second-order valence-corrected chi connectivity index (χ2v) is 3.70. The maximum atomic E-state index is 10.5. The molecular formula is C7H15N3OS2. The van der Waals surface area contributed by atoms with Crippen molar-refractivity contribution in [2.45, 2.75) is 18.6 Å². The minimum Gasteiger partial charge on any atom is -0.370 e. The molecule has 0 aliphatic rings. The molecule has 0 aromatic heterocycles. The van der Waals surface area contributed by atoms with E-state index in [9.17, 15) is 4.79 Å². The van der Waals surface area contributed by atoms with Gasteiger partial charge in [0.15, 0.2) is 5.11 Å². The molecule has 0 bridgehead atoms. The van der Waals surface area contributed by atoms with Crippen molar-refractivity contribution in [3.63, 3.8) is 0 Å². The van der Waals surface area contributed by atoms with E-state index in [4.69, 9.17) is 18.0 Å². The van der Waals surface area contributed by atoms with Gasteiger partial charge in [-0.25, -0.2) is 0 Å². The van der Waals surface area contributed by atoms with Gasteiger partial charge >= 0.3 is 0 Å². The first-order valence-corrected chi connectivity index (χ1v) is 4.96. The standard InChI is InChI=1S/C7H15N3OS2/c1-2-9-7(13)10-4-5(12)3-6(8)11/h5,12H,2-4H2,1H3,(H2,8,11)(H2,9,10,13). The lowest BCUT2D eigenvalue weighted by atomic mass is 10.3. The molecule has 6 heteroatoms. The van der Waals surface area contributed by atoms with E-state index in [1.165, 1.54) is 0 Å². The van der Waals surface area contributed by atoms with Crippen LogP contribution >= 0.6 is 24.8 Å². The first kappa shape index (κ1) is 12.5. The van der Waals surface area contributed by atoms with Crippen molar-refractivity contribution in [2.24, 2.45) is 5.73 Å². The summed E-state index contributed by atoms with van der Waals surface area (Å²) in [5.74, 6) is -0.351. The van der Waals surface area contributed by atoms with Gasteiger partial charge in [-0.3, -0.25) is 4.79 Å². The summed E-state index contributed by atoms with van der Waals surface area (Å²) in [6.45, 7) is 3.27. The predicted octanol–water partition coefficient (Wildman–Crippen LogP) is -0.356. The molecule has 1 atom stereocenters. The van der Waals surface area contributed by atoms with Crippen LogP contribution in [0.4, 0.5) is 0 Å². The average molecular weight is 221 g/mol. The Morgan fingerprint density at radius 2 is 2.23 bits per heavy atom. The Morgan fingerprint density at radius 3 is 2.69 bits per heavy atom. The molecule has 0 aliphatic carbocycles. The van der Waals surface area contributed by atoms with Gasteiger partial charge in [0, 0.05) is 24.8 Å². The zero-order chi connectivity index (χ0) is 10.3. The highest BCUT2D eigenvalue weighted by Crippen LogP contribution is 1.97. The maximum Gasteiger partial charge on any atom is 0.218 e. The molecule has 4 nitrogen and oxygen atoms in total. The molecule has 0 spiro atoms. The number of nitrogens with two attached hydrogens (primary N) is 1. The monoisotopic (exact) mass is 221 g/mol. The van der Waals surface area contributed by atoms with Crippen LogP contribution in [0.5, 0.6) is 0 Å². The van der Waals surface area contributed by atoms with Crippen molar-refractivity contribution in [1.29, 1.82) is 0 Å². The van der Waals surface area contributed by atoms with Crippen molar-refractivity contribution in [3.8, 4) is 0 Å². The topological polar surface area (TPSA) is 67.2 Å². The van der Waals surface area contributed by atoms with Crippen LogP contribution in [0.3, 0.4) is 0 Å². The van der Waals surface area contributed by atoms with Gasteiger partial charge < -0.3 is 16.4 Å². The smallest absolute Gasteiger partial charge is 0.218 e. The second-order valence-electron chi connectivity index (χ2n) is 2.56. The number of thiol groups is 1. The molecule has 0 radical (unpaired) electrons. The lowest BCUT2D eigenvalue weighted by Gasteiger charge is -2.12. The lowest BCUT2D eigenvalue weighted by Crippen LogP contribution is -2.39. The van der Waals surface area contributed by atoms with E-state index in [1.807, 2.05) is 6.92 Å². The van der Waals surface area contributed by atoms with Crippen molar-refractivity contribution in [3.05, 3.63) is 0 Å². The molecule has 0 rings (SSSR count). The van der Waals surface area contributed by atoms with Crippen molar-refractivity contribution >= 4 is 35.9 Å². The molecule has 0 saturated carbocycles. The SMILES string of the molecule is CCNC(=S)NCC(S)CC(N)=O. The lowest BCUT2D eigenvalue weighted by molar-refractivity contribution is -0.117. The van der Waals surface area contributed by atoms with Crippen molar-refractivity contribution in [1.82, 2.24) is 10.6 Å². The van der Waals surface area contributed by atoms with E-state index in [0.29, 0.717) is 11.7 Å². The fourth-order valence-corrected chi connectivity index (χ4v) is 1.24. The number of carbonyl (C=O) groups is 1. The first-order chi connectivity index (χ1) is 6.06. The summed E-state index contributed by atoms with van der Waals surface area (Å²) in [5.41, 5.74) is 4.99. The van der Waals surface area contributed by atoms with E-state index in [-0.39, 0.29) is 17.6 Å². The van der Waals surface area contributed by atoms with E-state index in [2.05, 4.69) is 23.3 Å². The van der Waals surface area contributed by atoms with E-state index >= 15 is 0 Å². The Balaban J connectivity index is 3.51. The van der Waals surface area contributed by atoms with E-state index < -0.39 is 0 Å². The van der Waals surface area contributed by atoms with E-state index in [0.717, 1.165) is 6.54 Å². The zero-order valence-corrected chi connectivity index (χ0v) is 9.25. The number of primary amides is 1. The molecule has 4 N–H and O–H groups in total. The fraction of sp³-hybridized carbons (Fsp3) is 0.714. The molecule has 76 valence electrons. The van der Waals surface area contributed by atoms with Gasteiger partial charge in [-0.2, -0.15) is 12.6 Å². The van der Waals surface area contributed by atoms with Crippen molar-refractivity contribution in [2.75, 3.05) is 13.1 Å². The number of thiocarbonyl (C=S) groups is 1. The summed E-state index contributed by atoms with van der Waals surface area (Å²) in [7, 11) is 0. The minimum atomic E-state index is -0.351. The summed E-state index contributed by atoms with van der Waals surface area (Å²) in [5, 5.41) is 6.34. The molecule has 0 aromatic rings. The third kappa shape index (κ3) is 7.86. The quantitative estimate of drug-likeness (QED) is 0.378. The Morgan fingerprint density at radius 1 is 1.62 bits per heavy atom. The van der Waals surface area contributed by atoms with Gasteiger partial charge in [0.1, 0.15) is 0 Å². The Bertz CT molecular complexity index is 187. The average Bonchev–Trinajstić information content (AvgIpc) is 2.00. The Kier molecular flexibility index (Phi) is 6.70. The number of carbonyl (C=O) groups excluding carboxylic acids is 1. The molecule has 13 heavy (non-hydrogen) atoms. The van der Waals surface area contributed by atoms with Crippen LogP contribution in [-0.4, -0.2) is 29.4 Å². The molecule has 0 aromatic carbocycles. The predicted molar refractivity (Wildman–Crippen MR) is 60.9 cm³/mol. The van der Waals surface area contributed by atoms with Gasteiger partial charge in [-0.15, -0.1) is 0 Å². The molecule has 1 unspecified atom stereocenters. The van der Waals surface area contributed by atoms with Crippen LogP contribution < -0.4 is 16.4 Å². The largest absolute Gasteiger partial charge is 0.370 e. The van der Waals surface area contributed by atoms with Crippen molar-refractivity contribution < 1.29 is 4.79 Å². The van der Waals surface area contributed by atoms with Crippen LogP contribution in [0.15, 0.2) is 0 Å². The Hall–Kier alpha value is -0.490. The second kappa shape index (κ2) is 6.97. The third-order valence-electron chi connectivity index (χ3n) is 1.27. The van der Waals surface area contributed by atoms with E-state index in [1.54, 1.807) is 0 Å². The van der Waals surface area contributed by atoms with Crippen LogP contribution in [-0.2, 0) is 4.79 Å². The number of nitrogens with one attached hydrogen (secondary N) is 2. The highest BCUT2D eigenvalue weighted by atomic mass is 32.1. The van der Waals surface area contributed by atoms with Gasteiger partial charge in [-0.05, 0) is 19.1 Å². The van der Waals surface area contributed by atoms with Crippen LogP contribution in [0.25, 0.3) is 0 Å². The zero-order valence-electron chi connectivity index (χ0n) is 7.54. The summed E-state index contributed by atoms with van der Waals surface area (Å²) < 4.78 is 0. The van der Waals surface area contributed by atoms with Gasteiger partial charge in [-0.1, -0.05) is 0 Å². The summed E-state index contributed by atoms with van der Waals surface area (Å²) >= 11 is 9.07. The molecular weight excluding hydrogens is 206 g/mol. The fourth-order valence-electron chi connectivity index (χ4n) is 0.738. The van der Waals surface area contributed by atoms with Crippen LogP contribution in [0.2, 0.25) is 0 Å². The summed E-state index contributed by atoms with van der Waals surface area (Å²) in [6, 6.07) is 0.